The van der Waals surface area contributed by atoms with Crippen LogP contribution >= 0.6 is 0 Å². The Labute approximate surface area is 133 Å². The summed E-state index contributed by atoms with van der Waals surface area (Å²) in [6, 6.07) is 0. The summed E-state index contributed by atoms with van der Waals surface area (Å²) in [6.45, 7) is 10.8. The predicted octanol–water partition coefficient (Wildman–Crippen LogP) is 3.24. The van der Waals surface area contributed by atoms with Crippen molar-refractivity contribution in [3.05, 3.63) is 0 Å². The normalized spacial score (nSPS) is 10.6. The van der Waals surface area contributed by atoms with Crippen LogP contribution in [0.25, 0.3) is 0 Å². The Bertz CT molecular complexity index is 448. The van der Waals surface area contributed by atoms with E-state index in [-0.39, 0.29) is 0 Å². The molecule has 0 saturated carbocycles. The number of unbranched alkanes of at least 4 members (excludes halogenated alkanes) is 3. The molecule has 0 aliphatic carbocycles. The monoisotopic (exact) mass is 306 g/mol. The summed E-state index contributed by atoms with van der Waals surface area (Å²) < 4.78 is 10.1. The van der Waals surface area contributed by atoms with Gasteiger partial charge in [0.05, 0.1) is 0 Å². The van der Waals surface area contributed by atoms with Crippen molar-refractivity contribution in [2.75, 3.05) is 0 Å². The van der Waals surface area contributed by atoms with Gasteiger partial charge in [0.15, 0.2) is 0 Å². The molecular formula is C18H26O4. The zero-order chi connectivity index (χ0) is 17.2. The lowest BCUT2D eigenvalue weighted by Crippen LogP contribution is -2.22. The van der Waals surface area contributed by atoms with Crippen molar-refractivity contribution in [3.63, 3.8) is 0 Å². The first kappa shape index (κ1) is 20.1. The molecule has 0 unspecified atom stereocenters. The van der Waals surface area contributed by atoms with Crippen LogP contribution in [-0.2, 0) is 19.1 Å². The number of ether oxygens (including phenoxy) is 2. The van der Waals surface area contributed by atoms with E-state index in [1.165, 1.54) is 0 Å². The molecule has 0 amide bonds. The molecule has 0 bridgehead atoms. The molecule has 0 heterocycles. The van der Waals surface area contributed by atoms with E-state index in [2.05, 4.69) is 23.7 Å². The molecule has 0 radical (unpaired) electrons. The molecule has 0 N–H and O–H groups in total. The van der Waals surface area contributed by atoms with E-state index in [4.69, 9.17) is 9.47 Å². The maximum absolute atomic E-state index is 11.3. The van der Waals surface area contributed by atoms with Gasteiger partial charge in [0.1, 0.15) is 11.2 Å². The topological polar surface area (TPSA) is 52.6 Å². The van der Waals surface area contributed by atoms with Gasteiger partial charge in [0.2, 0.25) is 0 Å². The Hall–Kier alpha value is -1.94. The number of esters is 2. The number of rotatable bonds is 3. The molecule has 0 fully saturated rings. The van der Waals surface area contributed by atoms with E-state index >= 15 is 0 Å². The number of hydrogen-bond donors (Lipinski definition) is 0. The Morgan fingerprint density at radius 1 is 0.727 bits per heavy atom. The molecule has 0 spiro atoms. The third-order valence-corrected chi connectivity index (χ3v) is 2.03. The van der Waals surface area contributed by atoms with Crippen LogP contribution in [0.5, 0.6) is 0 Å². The van der Waals surface area contributed by atoms with Gasteiger partial charge in [-0.3, -0.25) is 0 Å². The standard InChI is InChI=1S/C18H26O4/c1-17(2,3)21-15(19)13-11-9-7-8-10-12-14-16(20)22-18(4,5)6/h7-10H2,1-6H3. The van der Waals surface area contributed by atoms with Crippen LogP contribution in [0.15, 0.2) is 0 Å². The zero-order valence-corrected chi connectivity index (χ0v) is 14.5. The molecule has 0 aromatic rings. The summed E-state index contributed by atoms with van der Waals surface area (Å²) in [7, 11) is 0. The molecule has 0 aliphatic rings. The molecule has 0 aromatic carbocycles. The van der Waals surface area contributed by atoms with Crippen molar-refractivity contribution in [2.45, 2.75) is 78.4 Å². The van der Waals surface area contributed by atoms with Crippen molar-refractivity contribution >= 4 is 11.9 Å². The summed E-state index contributed by atoms with van der Waals surface area (Å²) in [5.74, 6) is 9.45. The molecule has 0 aromatic heterocycles. The quantitative estimate of drug-likeness (QED) is 0.348. The van der Waals surface area contributed by atoms with Crippen LogP contribution in [0.3, 0.4) is 0 Å². The van der Waals surface area contributed by atoms with Crippen molar-refractivity contribution in [1.29, 1.82) is 0 Å². The lowest BCUT2D eigenvalue weighted by Gasteiger charge is -2.16. The van der Waals surface area contributed by atoms with Gasteiger partial charge in [0, 0.05) is 24.7 Å². The molecule has 122 valence electrons. The lowest BCUT2D eigenvalue weighted by atomic mass is 10.2. The molecule has 0 saturated heterocycles. The smallest absolute Gasteiger partial charge is 0.384 e. The fraction of sp³-hybridized carbons (Fsp3) is 0.667. The van der Waals surface area contributed by atoms with Gasteiger partial charge >= 0.3 is 11.9 Å². The fourth-order valence-electron chi connectivity index (χ4n) is 1.30. The van der Waals surface area contributed by atoms with Gasteiger partial charge in [-0.2, -0.15) is 0 Å². The Kier molecular flexibility index (Phi) is 8.35. The maximum atomic E-state index is 11.3. The van der Waals surface area contributed by atoms with E-state index in [0.29, 0.717) is 12.8 Å². The van der Waals surface area contributed by atoms with Crippen LogP contribution in [0.2, 0.25) is 0 Å². The molecular weight excluding hydrogens is 280 g/mol. The van der Waals surface area contributed by atoms with E-state index in [1.54, 1.807) is 41.5 Å². The summed E-state index contributed by atoms with van der Waals surface area (Å²) in [5.41, 5.74) is -1.02. The fourth-order valence-corrected chi connectivity index (χ4v) is 1.30. The summed E-state index contributed by atoms with van der Waals surface area (Å²) >= 11 is 0. The summed E-state index contributed by atoms with van der Waals surface area (Å²) in [6.07, 6.45) is 2.85. The second-order valence-electron chi connectivity index (χ2n) is 6.81. The van der Waals surface area contributed by atoms with Crippen molar-refractivity contribution in [1.82, 2.24) is 0 Å². The molecule has 22 heavy (non-hydrogen) atoms. The maximum Gasteiger partial charge on any atom is 0.384 e. The Balaban J connectivity index is 3.85. The van der Waals surface area contributed by atoms with Gasteiger partial charge in [-0.05, 0) is 54.4 Å². The summed E-state index contributed by atoms with van der Waals surface area (Å²) in [5, 5.41) is 0. The van der Waals surface area contributed by atoms with E-state index < -0.39 is 23.1 Å². The van der Waals surface area contributed by atoms with Crippen LogP contribution in [0.1, 0.15) is 67.2 Å². The third-order valence-electron chi connectivity index (χ3n) is 2.03. The van der Waals surface area contributed by atoms with Gasteiger partial charge in [0.25, 0.3) is 0 Å². The second-order valence-corrected chi connectivity index (χ2v) is 6.81. The minimum absolute atomic E-state index is 0.503. The van der Waals surface area contributed by atoms with Crippen LogP contribution in [0, 0.1) is 23.7 Å². The zero-order valence-electron chi connectivity index (χ0n) is 14.5. The highest BCUT2D eigenvalue weighted by Crippen LogP contribution is 2.07. The lowest BCUT2D eigenvalue weighted by molar-refractivity contribution is -0.148. The largest absolute Gasteiger partial charge is 0.450 e. The second kappa shape index (κ2) is 9.15. The van der Waals surface area contributed by atoms with Crippen LogP contribution < -0.4 is 0 Å². The highest BCUT2D eigenvalue weighted by atomic mass is 16.6. The average molecular weight is 306 g/mol. The minimum Gasteiger partial charge on any atom is -0.450 e. The number of carbonyl (C=O) groups excluding carboxylic acids is 2. The van der Waals surface area contributed by atoms with Crippen molar-refractivity contribution < 1.29 is 19.1 Å². The van der Waals surface area contributed by atoms with E-state index in [9.17, 15) is 9.59 Å². The molecule has 0 rings (SSSR count). The first-order valence-corrected chi connectivity index (χ1v) is 7.43. The SMILES string of the molecule is CC(C)(C)OC(=O)C#CCCCCC#CC(=O)OC(C)(C)C. The highest BCUT2D eigenvalue weighted by molar-refractivity contribution is 5.89. The van der Waals surface area contributed by atoms with Gasteiger partial charge in [-0.15, -0.1) is 0 Å². The van der Waals surface area contributed by atoms with E-state index in [0.717, 1.165) is 12.8 Å². The molecule has 4 nitrogen and oxygen atoms in total. The minimum atomic E-state index is -0.511. The van der Waals surface area contributed by atoms with Crippen molar-refractivity contribution in [3.8, 4) is 23.7 Å². The first-order valence-electron chi connectivity index (χ1n) is 7.43. The highest BCUT2D eigenvalue weighted by Gasteiger charge is 2.14. The van der Waals surface area contributed by atoms with Gasteiger partial charge in [-0.1, -0.05) is 11.8 Å². The van der Waals surface area contributed by atoms with Crippen LogP contribution in [0.4, 0.5) is 0 Å². The molecule has 4 heteroatoms. The molecule has 0 aliphatic heterocycles. The first-order chi connectivity index (χ1) is 9.99. The molecule has 0 atom stereocenters. The Morgan fingerprint density at radius 3 is 1.32 bits per heavy atom. The number of carbonyl (C=O) groups is 2. The predicted molar refractivity (Wildman–Crippen MR) is 85.7 cm³/mol. The summed E-state index contributed by atoms with van der Waals surface area (Å²) in [4.78, 5) is 22.6. The van der Waals surface area contributed by atoms with Crippen molar-refractivity contribution in [2.24, 2.45) is 0 Å². The van der Waals surface area contributed by atoms with Gasteiger partial charge < -0.3 is 9.47 Å². The Morgan fingerprint density at radius 2 is 1.05 bits per heavy atom. The average Bonchev–Trinajstić information content (AvgIpc) is 2.27. The number of hydrogen-bond acceptors (Lipinski definition) is 4. The van der Waals surface area contributed by atoms with Crippen LogP contribution in [-0.4, -0.2) is 23.1 Å². The third kappa shape index (κ3) is 14.5. The van der Waals surface area contributed by atoms with Gasteiger partial charge in [-0.25, -0.2) is 9.59 Å². The van der Waals surface area contributed by atoms with E-state index in [1.807, 2.05) is 0 Å².